The minimum Gasteiger partial charge on any atom is -0.324 e. The largest absolute Gasteiger partial charge is 0.324 e. The number of allylic oxidation sites excluding steroid dienone is 1. The van der Waals surface area contributed by atoms with E-state index in [9.17, 15) is 4.39 Å². The van der Waals surface area contributed by atoms with Gasteiger partial charge in [-0.15, -0.1) is 0 Å². The van der Waals surface area contributed by atoms with E-state index in [1.165, 1.54) is 12.4 Å². The van der Waals surface area contributed by atoms with Crippen LogP contribution in [0.5, 0.6) is 0 Å². The van der Waals surface area contributed by atoms with Gasteiger partial charge in [-0.25, -0.2) is 9.07 Å². The van der Waals surface area contributed by atoms with Gasteiger partial charge in [-0.05, 0) is 35.9 Å². The third-order valence-corrected chi connectivity index (χ3v) is 3.93. The second-order valence-corrected chi connectivity index (χ2v) is 5.40. The summed E-state index contributed by atoms with van der Waals surface area (Å²) in [7, 11) is 0. The van der Waals surface area contributed by atoms with Crippen molar-refractivity contribution in [2.75, 3.05) is 5.32 Å². The zero-order valence-corrected chi connectivity index (χ0v) is 12.5. The Kier molecular flexibility index (Phi) is 3.32. The maximum absolute atomic E-state index is 14.2. The summed E-state index contributed by atoms with van der Waals surface area (Å²) in [6.07, 6.45) is 3.33. The maximum Gasteiger partial charge on any atom is 0.226 e. The minimum absolute atomic E-state index is 0.272. The van der Waals surface area contributed by atoms with Gasteiger partial charge in [0.1, 0.15) is 18.2 Å². The van der Waals surface area contributed by atoms with Crippen LogP contribution < -0.4 is 5.32 Å². The smallest absolute Gasteiger partial charge is 0.226 e. The molecule has 1 aromatic heterocycles. The summed E-state index contributed by atoms with van der Waals surface area (Å²) in [5.74, 6) is 0.219. The number of aromatic nitrogens is 3. The Morgan fingerprint density at radius 1 is 1.17 bits per heavy atom. The van der Waals surface area contributed by atoms with E-state index < -0.39 is 0 Å². The summed E-state index contributed by atoms with van der Waals surface area (Å²) >= 11 is 0. The van der Waals surface area contributed by atoms with E-state index in [4.69, 9.17) is 5.26 Å². The standard InChI is InChI=1S/C18H12FN5/c19-15-7-2-1-6-14(15)16-9-17(24-18(23-16)21-11-22-24)13-5-3-4-12(8-13)10-20/h1-9,11,17H,(H,21,22,23). The van der Waals surface area contributed by atoms with E-state index >= 15 is 0 Å². The summed E-state index contributed by atoms with van der Waals surface area (Å²) in [5, 5.41) is 16.5. The van der Waals surface area contributed by atoms with Gasteiger partial charge >= 0.3 is 0 Å². The highest BCUT2D eigenvalue weighted by molar-refractivity contribution is 5.77. The van der Waals surface area contributed by atoms with E-state index in [1.807, 2.05) is 18.2 Å². The van der Waals surface area contributed by atoms with Crippen molar-refractivity contribution in [3.63, 3.8) is 0 Å². The number of halogens is 1. The third kappa shape index (κ3) is 2.32. The van der Waals surface area contributed by atoms with Crippen molar-refractivity contribution >= 4 is 11.6 Å². The molecule has 0 saturated carbocycles. The van der Waals surface area contributed by atoms with Gasteiger partial charge in [-0.2, -0.15) is 15.3 Å². The molecule has 2 aromatic carbocycles. The second-order valence-electron chi connectivity index (χ2n) is 5.40. The number of rotatable bonds is 2. The molecule has 24 heavy (non-hydrogen) atoms. The van der Waals surface area contributed by atoms with Crippen molar-refractivity contribution in [3.05, 3.63) is 83.4 Å². The van der Waals surface area contributed by atoms with Gasteiger partial charge in [0.25, 0.3) is 0 Å². The monoisotopic (exact) mass is 317 g/mol. The number of nitrogens with zero attached hydrogens (tertiary/aromatic N) is 4. The molecule has 1 aliphatic heterocycles. The van der Waals surface area contributed by atoms with Crippen LogP contribution in [-0.4, -0.2) is 14.8 Å². The van der Waals surface area contributed by atoms with Gasteiger partial charge in [0.2, 0.25) is 5.95 Å². The van der Waals surface area contributed by atoms with Gasteiger partial charge < -0.3 is 5.32 Å². The predicted octanol–water partition coefficient (Wildman–Crippen LogP) is 3.34. The molecule has 0 fully saturated rings. The first-order valence-electron chi connectivity index (χ1n) is 7.39. The first kappa shape index (κ1) is 14.2. The van der Waals surface area contributed by atoms with Gasteiger partial charge in [-0.1, -0.05) is 24.3 Å². The Balaban J connectivity index is 1.85. The van der Waals surface area contributed by atoms with Crippen LogP contribution in [0.15, 0.2) is 60.9 Å². The minimum atomic E-state index is -0.311. The Labute approximate surface area is 137 Å². The number of nitriles is 1. The number of fused-ring (bicyclic) bond motifs is 1. The lowest BCUT2D eigenvalue weighted by atomic mass is 10.00. The molecule has 1 atom stereocenters. The topological polar surface area (TPSA) is 66.5 Å². The average molecular weight is 317 g/mol. The van der Waals surface area contributed by atoms with Gasteiger partial charge in [0.15, 0.2) is 0 Å². The van der Waals surface area contributed by atoms with Crippen LogP contribution in [-0.2, 0) is 0 Å². The fourth-order valence-corrected chi connectivity index (χ4v) is 2.80. The van der Waals surface area contributed by atoms with Crippen LogP contribution in [0.1, 0.15) is 22.7 Å². The molecule has 0 spiro atoms. The fraction of sp³-hybridized carbons (Fsp3) is 0.0556. The molecular weight excluding hydrogens is 305 g/mol. The molecule has 0 radical (unpaired) electrons. The molecule has 1 unspecified atom stereocenters. The zero-order valence-electron chi connectivity index (χ0n) is 12.5. The van der Waals surface area contributed by atoms with E-state index in [2.05, 4.69) is 21.5 Å². The molecule has 1 aliphatic rings. The molecule has 6 heteroatoms. The Bertz CT molecular complexity index is 983. The first-order chi connectivity index (χ1) is 11.8. The van der Waals surface area contributed by atoms with E-state index in [0.29, 0.717) is 22.8 Å². The lowest BCUT2D eigenvalue weighted by Gasteiger charge is -2.24. The normalized spacial score (nSPS) is 15.8. The lowest BCUT2D eigenvalue weighted by Crippen LogP contribution is -2.20. The molecule has 0 saturated heterocycles. The molecule has 4 rings (SSSR count). The highest BCUT2D eigenvalue weighted by Crippen LogP contribution is 2.32. The molecule has 2 heterocycles. The molecule has 0 aliphatic carbocycles. The van der Waals surface area contributed by atoms with Crippen molar-refractivity contribution in [2.24, 2.45) is 0 Å². The highest BCUT2D eigenvalue weighted by atomic mass is 19.1. The van der Waals surface area contributed by atoms with Gasteiger partial charge in [0, 0.05) is 11.3 Å². The van der Waals surface area contributed by atoms with Crippen LogP contribution >= 0.6 is 0 Å². The number of anilines is 1. The summed E-state index contributed by atoms with van der Waals surface area (Å²) in [5.41, 5.74) is 2.54. The van der Waals surface area contributed by atoms with Crippen LogP contribution in [0.25, 0.3) is 5.70 Å². The van der Waals surface area contributed by atoms with Gasteiger partial charge in [0.05, 0.1) is 11.6 Å². The van der Waals surface area contributed by atoms with Crippen LogP contribution in [0.4, 0.5) is 10.3 Å². The van der Waals surface area contributed by atoms with E-state index in [0.717, 1.165) is 5.56 Å². The van der Waals surface area contributed by atoms with Crippen LogP contribution in [0.3, 0.4) is 0 Å². The quantitative estimate of drug-likeness (QED) is 0.787. The van der Waals surface area contributed by atoms with Crippen LogP contribution in [0.2, 0.25) is 0 Å². The van der Waals surface area contributed by atoms with Crippen LogP contribution in [0, 0.1) is 17.1 Å². The van der Waals surface area contributed by atoms with Crippen molar-refractivity contribution in [1.29, 1.82) is 5.26 Å². The lowest BCUT2D eigenvalue weighted by molar-refractivity contribution is 0.606. The SMILES string of the molecule is N#Cc1cccc(C2C=C(c3ccccc3F)Nc3ncnn32)c1. The third-order valence-electron chi connectivity index (χ3n) is 3.93. The Morgan fingerprint density at radius 2 is 2.04 bits per heavy atom. The molecule has 116 valence electrons. The van der Waals surface area contributed by atoms with Crippen molar-refractivity contribution in [1.82, 2.24) is 14.8 Å². The average Bonchev–Trinajstić information content (AvgIpc) is 3.10. The van der Waals surface area contributed by atoms with Crippen molar-refractivity contribution in [2.45, 2.75) is 6.04 Å². The number of hydrogen-bond acceptors (Lipinski definition) is 4. The van der Waals surface area contributed by atoms with Gasteiger partial charge in [-0.3, -0.25) is 0 Å². The second kappa shape index (κ2) is 5.63. The number of benzene rings is 2. The Morgan fingerprint density at radius 3 is 2.88 bits per heavy atom. The summed E-state index contributed by atoms with van der Waals surface area (Å²) in [6.45, 7) is 0. The van der Waals surface area contributed by atoms with Crippen molar-refractivity contribution in [3.8, 4) is 6.07 Å². The maximum atomic E-state index is 14.2. The molecule has 0 bridgehead atoms. The Hall–Kier alpha value is -3.46. The highest BCUT2D eigenvalue weighted by Gasteiger charge is 2.24. The zero-order chi connectivity index (χ0) is 16.5. The fourth-order valence-electron chi connectivity index (χ4n) is 2.80. The van der Waals surface area contributed by atoms with E-state index in [-0.39, 0.29) is 11.9 Å². The van der Waals surface area contributed by atoms with E-state index in [1.54, 1.807) is 35.0 Å². The summed E-state index contributed by atoms with van der Waals surface area (Å²) < 4.78 is 15.9. The molecule has 3 aromatic rings. The number of hydrogen-bond donors (Lipinski definition) is 1. The molecule has 1 N–H and O–H groups in total. The molecule has 5 nitrogen and oxygen atoms in total. The predicted molar refractivity (Wildman–Crippen MR) is 87.3 cm³/mol. The number of nitrogens with one attached hydrogen (secondary N) is 1. The summed E-state index contributed by atoms with van der Waals surface area (Å²) in [4.78, 5) is 4.19. The summed E-state index contributed by atoms with van der Waals surface area (Å²) in [6, 6.07) is 15.7. The van der Waals surface area contributed by atoms with Crippen molar-refractivity contribution < 1.29 is 4.39 Å². The molecule has 0 amide bonds. The first-order valence-corrected chi connectivity index (χ1v) is 7.39. The molecular formula is C18H12FN5.